The van der Waals surface area contributed by atoms with Gasteiger partial charge in [0.25, 0.3) is 0 Å². The lowest BCUT2D eigenvalue weighted by molar-refractivity contribution is -0.121. The quantitative estimate of drug-likeness (QED) is 0.766. The number of aromatic nitrogens is 1. The Hall–Kier alpha value is -2.65. The van der Waals surface area contributed by atoms with Crippen LogP contribution in [0.1, 0.15) is 36.6 Å². The lowest BCUT2D eigenvalue weighted by atomic mass is 9.87. The molecule has 0 bridgehead atoms. The zero-order valence-corrected chi connectivity index (χ0v) is 15.8. The fraction of sp³-hybridized carbons (Fsp3) is 0.333. The Kier molecular flexibility index (Phi) is 4.71. The standard InChI is InChI=1S/C21H19N3O2S/c1-13-7-8-17-14(9-13)10-15(12-22)20(23-17)27-18-11-19(25)24(21(18)26)16-5-3-2-4-6-16/h2-6,10,13,18H,7-9,11H2,1H3/t13-,18-/m1/s1. The first-order valence-corrected chi connectivity index (χ1v) is 9.96. The summed E-state index contributed by atoms with van der Waals surface area (Å²) in [7, 11) is 0. The molecule has 6 heteroatoms. The minimum atomic E-state index is -0.544. The number of carbonyl (C=O) groups is 2. The Balaban J connectivity index is 1.60. The molecule has 2 heterocycles. The highest BCUT2D eigenvalue weighted by Gasteiger charge is 2.40. The van der Waals surface area contributed by atoms with E-state index in [0.29, 0.717) is 22.2 Å². The summed E-state index contributed by atoms with van der Waals surface area (Å²) >= 11 is 1.24. The molecule has 1 aromatic carbocycles. The molecule has 0 radical (unpaired) electrons. The van der Waals surface area contributed by atoms with Crippen molar-refractivity contribution in [2.45, 2.75) is 42.9 Å². The van der Waals surface area contributed by atoms with Gasteiger partial charge in [0, 0.05) is 12.1 Å². The van der Waals surface area contributed by atoms with Crippen molar-refractivity contribution in [3.63, 3.8) is 0 Å². The van der Waals surface area contributed by atoms with E-state index in [1.165, 1.54) is 16.7 Å². The highest BCUT2D eigenvalue weighted by molar-refractivity contribution is 8.00. The lowest BCUT2D eigenvalue weighted by Crippen LogP contribution is -2.31. The van der Waals surface area contributed by atoms with Crippen molar-refractivity contribution >= 4 is 29.3 Å². The molecule has 0 unspecified atom stereocenters. The maximum Gasteiger partial charge on any atom is 0.247 e. The van der Waals surface area contributed by atoms with Crippen molar-refractivity contribution in [2.75, 3.05) is 4.90 Å². The molecule has 4 rings (SSSR count). The van der Waals surface area contributed by atoms with E-state index in [1.807, 2.05) is 12.1 Å². The van der Waals surface area contributed by atoms with Crippen LogP contribution in [0.2, 0.25) is 0 Å². The molecule has 1 aromatic heterocycles. The maximum absolute atomic E-state index is 12.8. The summed E-state index contributed by atoms with van der Waals surface area (Å²) < 4.78 is 0. The normalized spacial score (nSPS) is 21.9. The minimum Gasteiger partial charge on any atom is -0.274 e. The van der Waals surface area contributed by atoms with Crippen LogP contribution in [-0.2, 0) is 22.4 Å². The van der Waals surface area contributed by atoms with Gasteiger partial charge in [0.15, 0.2) is 0 Å². The molecule has 27 heavy (non-hydrogen) atoms. The Morgan fingerprint density at radius 3 is 2.74 bits per heavy atom. The second kappa shape index (κ2) is 7.16. The van der Waals surface area contributed by atoms with E-state index in [1.54, 1.807) is 24.3 Å². The number of benzene rings is 1. The Bertz CT molecular complexity index is 952. The molecular weight excluding hydrogens is 358 g/mol. The number of rotatable bonds is 3. The van der Waals surface area contributed by atoms with Crippen LogP contribution in [0.5, 0.6) is 0 Å². The van der Waals surface area contributed by atoms with E-state index in [9.17, 15) is 14.9 Å². The number of amides is 2. The number of fused-ring (bicyclic) bond motifs is 1. The highest BCUT2D eigenvalue weighted by atomic mass is 32.2. The van der Waals surface area contributed by atoms with E-state index >= 15 is 0 Å². The average Bonchev–Trinajstić information content (AvgIpc) is 2.95. The van der Waals surface area contributed by atoms with Gasteiger partial charge in [-0.25, -0.2) is 9.88 Å². The van der Waals surface area contributed by atoms with Crippen molar-refractivity contribution in [3.05, 3.63) is 53.2 Å². The van der Waals surface area contributed by atoms with Gasteiger partial charge in [-0.05, 0) is 48.9 Å². The Morgan fingerprint density at radius 1 is 1.22 bits per heavy atom. The second-order valence-corrected chi connectivity index (χ2v) is 8.31. The SMILES string of the molecule is C[C@@H]1CCc2nc(S[C@@H]3CC(=O)N(c4ccccc4)C3=O)c(C#N)cc2C1. The van der Waals surface area contributed by atoms with Crippen molar-refractivity contribution in [3.8, 4) is 6.07 Å². The van der Waals surface area contributed by atoms with Gasteiger partial charge in [-0.2, -0.15) is 5.26 Å². The van der Waals surface area contributed by atoms with Gasteiger partial charge >= 0.3 is 0 Å². The topological polar surface area (TPSA) is 74.1 Å². The first-order valence-electron chi connectivity index (χ1n) is 9.08. The highest BCUT2D eigenvalue weighted by Crippen LogP contribution is 2.36. The molecule has 136 valence electrons. The molecule has 5 nitrogen and oxygen atoms in total. The minimum absolute atomic E-state index is 0.124. The summed E-state index contributed by atoms with van der Waals surface area (Å²) in [6, 6.07) is 13.1. The first kappa shape index (κ1) is 17.7. The lowest BCUT2D eigenvalue weighted by Gasteiger charge is -2.22. The molecule has 2 amide bonds. The molecule has 2 atom stereocenters. The van der Waals surface area contributed by atoms with Crippen LogP contribution in [0.3, 0.4) is 0 Å². The number of pyridine rings is 1. The third kappa shape index (κ3) is 3.35. The molecule has 0 spiro atoms. The van der Waals surface area contributed by atoms with E-state index in [2.05, 4.69) is 13.0 Å². The molecule has 2 aliphatic rings. The molecular formula is C21H19N3O2S. The molecule has 1 fully saturated rings. The number of anilines is 1. The maximum atomic E-state index is 12.8. The van der Waals surface area contributed by atoms with E-state index in [4.69, 9.17) is 4.98 Å². The smallest absolute Gasteiger partial charge is 0.247 e. The summed E-state index contributed by atoms with van der Waals surface area (Å²) in [6.45, 7) is 2.21. The zero-order valence-electron chi connectivity index (χ0n) is 15.0. The fourth-order valence-corrected chi connectivity index (χ4v) is 4.77. The van der Waals surface area contributed by atoms with Crippen LogP contribution in [0.4, 0.5) is 5.69 Å². The van der Waals surface area contributed by atoms with Crippen LogP contribution in [0.25, 0.3) is 0 Å². The zero-order chi connectivity index (χ0) is 19.0. The molecule has 1 aliphatic heterocycles. The summed E-state index contributed by atoms with van der Waals surface area (Å²) in [5.41, 5.74) is 3.23. The second-order valence-electron chi connectivity index (χ2n) is 7.12. The van der Waals surface area contributed by atoms with Gasteiger partial charge in [-0.15, -0.1) is 0 Å². The van der Waals surface area contributed by atoms with Gasteiger partial charge in [-0.1, -0.05) is 36.9 Å². The molecule has 0 N–H and O–H groups in total. The Morgan fingerprint density at radius 2 is 2.00 bits per heavy atom. The van der Waals surface area contributed by atoms with Crippen molar-refractivity contribution in [1.29, 1.82) is 5.26 Å². The fourth-order valence-electron chi connectivity index (χ4n) is 3.68. The Labute approximate surface area is 162 Å². The predicted octanol–water partition coefficient (Wildman–Crippen LogP) is 3.50. The van der Waals surface area contributed by atoms with E-state index in [-0.39, 0.29) is 18.2 Å². The van der Waals surface area contributed by atoms with Gasteiger partial charge in [0.1, 0.15) is 11.1 Å². The van der Waals surface area contributed by atoms with Crippen molar-refractivity contribution < 1.29 is 9.59 Å². The summed E-state index contributed by atoms with van der Waals surface area (Å²) in [5.74, 6) is 0.139. The van der Waals surface area contributed by atoms with E-state index in [0.717, 1.165) is 30.5 Å². The molecule has 1 saturated heterocycles. The van der Waals surface area contributed by atoms with Gasteiger partial charge in [0.05, 0.1) is 16.5 Å². The number of aryl methyl sites for hydroxylation is 1. The largest absolute Gasteiger partial charge is 0.274 e. The van der Waals surface area contributed by atoms with Crippen LogP contribution in [0, 0.1) is 17.2 Å². The van der Waals surface area contributed by atoms with Crippen LogP contribution >= 0.6 is 11.8 Å². The van der Waals surface area contributed by atoms with Gasteiger partial charge in [-0.3, -0.25) is 9.59 Å². The first-order chi connectivity index (χ1) is 13.1. The van der Waals surface area contributed by atoms with Crippen molar-refractivity contribution in [2.24, 2.45) is 5.92 Å². The van der Waals surface area contributed by atoms with Crippen molar-refractivity contribution in [1.82, 2.24) is 4.98 Å². The summed E-state index contributed by atoms with van der Waals surface area (Å²) in [5, 5.41) is 9.56. The number of hydrogen-bond acceptors (Lipinski definition) is 5. The number of carbonyl (C=O) groups excluding carboxylic acids is 2. The third-order valence-electron chi connectivity index (χ3n) is 5.09. The molecule has 2 aromatic rings. The monoisotopic (exact) mass is 377 g/mol. The molecule has 0 saturated carbocycles. The van der Waals surface area contributed by atoms with E-state index < -0.39 is 5.25 Å². The number of nitrogens with zero attached hydrogens (tertiary/aromatic N) is 3. The number of thioether (sulfide) groups is 1. The van der Waals surface area contributed by atoms with Crippen LogP contribution < -0.4 is 4.90 Å². The van der Waals surface area contributed by atoms with Crippen LogP contribution in [0.15, 0.2) is 41.4 Å². The predicted molar refractivity (Wildman–Crippen MR) is 103 cm³/mol. The number of imide groups is 1. The number of hydrogen-bond donors (Lipinski definition) is 0. The van der Waals surface area contributed by atoms with Gasteiger partial charge in [0.2, 0.25) is 11.8 Å². The summed E-state index contributed by atoms with van der Waals surface area (Å²) in [4.78, 5) is 31.2. The number of nitriles is 1. The van der Waals surface area contributed by atoms with Crippen LogP contribution in [-0.4, -0.2) is 22.0 Å². The number of para-hydroxylation sites is 1. The van der Waals surface area contributed by atoms with Gasteiger partial charge < -0.3 is 0 Å². The molecule has 1 aliphatic carbocycles. The summed E-state index contributed by atoms with van der Waals surface area (Å²) in [6.07, 6.45) is 3.03. The average molecular weight is 377 g/mol. The third-order valence-corrected chi connectivity index (χ3v) is 6.28.